The number of nitrogens with zero attached hydrogens (tertiary/aromatic N) is 4. The average Bonchev–Trinajstić information content (AvgIpc) is 3.22. The lowest BCUT2D eigenvalue weighted by molar-refractivity contribution is 0.134. The Labute approximate surface area is 229 Å². The first-order valence-corrected chi connectivity index (χ1v) is 14.1. The van der Waals surface area contributed by atoms with Crippen molar-refractivity contribution in [2.45, 2.75) is 45.7 Å². The van der Waals surface area contributed by atoms with Crippen LogP contribution in [0.1, 0.15) is 35.2 Å². The van der Waals surface area contributed by atoms with E-state index in [4.69, 9.17) is 9.26 Å². The van der Waals surface area contributed by atoms with Crippen LogP contribution in [-0.2, 0) is 27.9 Å². The molecule has 0 aliphatic carbocycles. The van der Waals surface area contributed by atoms with E-state index in [0.717, 1.165) is 28.3 Å². The van der Waals surface area contributed by atoms with Crippen LogP contribution in [0.15, 0.2) is 57.9 Å². The molecule has 4 aromatic rings. The number of hydrogen-bond acceptors (Lipinski definition) is 9. The van der Waals surface area contributed by atoms with Gasteiger partial charge in [-0.15, -0.1) is 0 Å². The monoisotopic (exact) mass is 550 g/mol. The minimum absolute atomic E-state index is 0.140. The second kappa shape index (κ2) is 11.8. The lowest BCUT2D eigenvalue weighted by Gasteiger charge is -2.17. The van der Waals surface area contributed by atoms with Crippen molar-refractivity contribution in [2.24, 2.45) is 0 Å². The van der Waals surface area contributed by atoms with Gasteiger partial charge in [0.25, 0.3) is 10.0 Å². The number of hydrogen-bond donors (Lipinski definition) is 2. The third-order valence-corrected chi connectivity index (χ3v) is 7.64. The molecule has 2 N–H and O–H groups in total. The highest BCUT2D eigenvalue weighted by Gasteiger charge is 2.23. The molecule has 0 radical (unpaired) electrons. The van der Waals surface area contributed by atoms with Crippen LogP contribution in [0.25, 0.3) is 11.1 Å². The van der Waals surface area contributed by atoms with Gasteiger partial charge in [0.1, 0.15) is 23.2 Å². The zero-order valence-electron chi connectivity index (χ0n) is 23.1. The van der Waals surface area contributed by atoms with E-state index in [2.05, 4.69) is 25.2 Å². The second-order valence-electron chi connectivity index (χ2n) is 9.35. The molecule has 206 valence electrons. The highest BCUT2D eigenvalue weighted by Crippen LogP contribution is 2.33. The van der Waals surface area contributed by atoms with Gasteiger partial charge in [-0.1, -0.05) is 41.6 Å². The van der Waals surface area contributed by atoms with Gasteiger partial charge in [-0.2, -0.15) is 0 Å². The minimum Gasteiger partial charge on any atom is -0.377 e. The van der Waals surface area contributed by atoms with Crippen LogP contribution < -0.4 is 14.9 Å². The Morgan fingerprint density at radius 3 is 2.46 bits per heavy atom. The summed E-state index contributed by atoms with van der Waals surface area (Å²) in [6.45, 7) is 8.66. The Morgan fingerprint density at radius 2 is 1.77 bits per heavy atom. The Balaban J connectivity index is 1.66. The van der Waals surface area contributed by atoms with Crippen LogP contribution in [0.2, 0.25) is 0 Å². The van der Waals surface area contributed by atoms with Crippen molar-refractivity contribution in [3.05, 3.63) is 76.8 Å². The molecular weight excluding hydrogens is 516 g/mol. The molecule has 0 spiro atoms. The van der Waals surface area contributed by atoms with Gasteiger partial charge in [0.05, 0.1) is 11.5 Å². The van der Waals surface area contributed by atoms with Crippen molar-refractivity contribution < 1.29 is 17.7 Å². The van der Waals surface area contributed by atoms with Gasteiger partial charge >= 0.3 is 0 Å². The first kappa shape index (κ1) is 28.1. The largest absolute Gasteiger partial charge is 0.377 e. The Morgan fingerprint density at radius 1 is 1.00 bits per heavy atom. The standard InChI is InChI=1S/C28H34N6O4S/c1-7-37-17-22-14-21(16-29-26-15-27(34(5)6)31-20(4)30-26)12-13-23(22)24-10-8-9-11-25(24)39(35,36)33-28-18(2)19(3)38-32-28/h8-15H,7,16-17H2,1-6H3,(H,32,33)(H,29,30,31). The van der Waals surface area contributed by atoms with Crippen molar-refractivity contribution in [2.75, 3.05) is 35.6 Å². The van der Waals surface area contributed by atoms with Crippen LogP contribution in [0, 0.1) is 20.8 Å². The number of ether oxygens (including phenoxy) is 1. The molecule has 0 amide bonds. The summed E-state index contributed by atoms with van der Waals surface area (Å²) in [7, 11) is -0.0815. The Hall–Kier alpha value is -3.96. The fraction of sp³-hybridized carbons (Fsp3) is 0.321. The number of aryl methyl sites for hydroxylation is 2. The highest BCUT2D eigenvalue weighted by molar-refractivity contribution is 7.92. The number of aromatic nitrogens is 3. The van der Waals surface area contributed by atoms with Crippen LogP contribution >= 0.6 is 0 Å². The van der Waals surface area contributed by atoms with Crippen molar-refractivity contribution in [1.82, 2.24) is 15.1 Å². The third-order valence-electron chi connectivity index (χ3n) is 6.24. The summed E-state index contributed by atoms with van der Waals surface area (Å²) in [4.78, 5) is 11.0. The lowest BCUT2D eigenvalue weighted by atomic mass is 9.97. The predicted octanol–water partition coefficient (Wildman–Crippen LogP) is 5.07. The molecule has 4 rings (SSSR count). The van der Waals surface area contributed by atoms with Crippen molar-refractivity contribution >= 4 is 27.5 Å². The smallest absolute Gasteiger partial charge is 0.263 e. The Bertz CT molecular complexity index is 1570. The summed E-state index contributed by atoms with van der Waals surface area (Å²) in [5.74, 6) is 2.95. The second-order valence-corrected chi connectivity index (χ2v) is 11.0. The first-order chi connectivity index (χ1) is 18.6. The first-order valence-electron chi connectivity index (χ1n) is 12.6. The van der Waals surface area contributed by atoms with Gasteiger partial charge in [-0.25, -0.2) is 18.4 Å². The third kappa shape index (κ3) is 6.55. The zero-order chi connectivity index (χ0) is 28.2. The molecule has 0 aliphatic rings. The maximum Gasteiger partial charge on any atom is 0.263 e. The fourth-order valence-corrected chi connectivity index (χ4v) is 5.31. The van der Waals surface area contributed by atoms with Gasteiger partial charge in [0, 0.05) is 44.4 Å². The molecule has 0 unspecified atom stereocenters. The molecule has 0 saturated heterocycles. The van der Waals surface area contributed by atoms with Crippen LogP contribution in [0.4, 0.5) is 17.5 Å². The summed E-state index contributed by atoms with van der Waals surface area (Å²) in [5, 5.41) is 7.23. The predicted molar refractivity (Wildman–Crippen MR) is 152 cm³/mol. The summed E-state index contributed by atoms with van der Waals surface area (Å²) < 4.78 is 40.4. The minimum atomic E-state index is -3.95. The molecule has 0 atom stereocenters. The average molecular weight is 551 g/mol. The molecule has 2 aromatic heterocycles. The molecular formula is C28H34N6O4S. The molecule has 2 aromatic carbocycles. The van der Waals surface area contributed by atoms with Crippen LogP contribution in [0.5, 0.6) is 0 Å². The quantitative estimate of drug-likeness (QED) is 0.263. The van der Waals surface area contributed by atoms with E-state index < -0.39 is 10.0 Å². The SMILES string of the molecule is CCOCc1cc(CNc2cc(N(C)C)nc(C)n2)ccc1-c1ccccc1S(=O)(=O)Nc1noc(C)c1C. The molecule has 0 bridgehead atoms. The van der Waals surface area contributed by atoms with Gasteiger partial charge in [0.15, 0.2) is 5.82 Å². The summed E-state index contributed by atoms with van der Waals surface area (Å²) in [5.41, 5.74) is 3.86. The topological polar surface area (TPSA) is 122 Å². The van der Waals surface area contributed by atoms with E-state index in [9.17, 15) is 8.42 Å². The number of nitrogens with one attached hydrogen (secondary N) is 2. The van der Waals surface area contributed by atoms with E-state index in [0.29, 0.717) is 42.5 Å². The van der Waals surface area contributed by atoms with E-state index in [-0.39, 0.29) is 10.7 Å². The maximum absolute atomic E-state index is 13.5. The molecule has 2 heterocycles. The molecule has 11 heteroatoms. The molecule has 39 heavy (non-hydrogen) atoms. The normalized spacial score (nSPS) is 11.4. The highest BCUT2D eigenvalue weighted by atomic mass is 32.2. The molecule has 0 fully saturated rings. The van der Waals surface area contributed by atoms with Crippen LogP contribution in [-0.4, -0.2) is 44.2 Å². The molecule has 10 nitrogen and oxygen atoms in total. The number of benzene rings is 2. The van der Waals surface area contributed by atoms with Crippen LogP contribution in [0.3, 0.4) is 0 Å². The number of sulfonamides is 1. The van der Waals surface area contributed by atoms with Gasteiger partial charge in [0.2, 0.25) is 0 Å². The van der Waals surface area contributed by atoms with E-state index in [1.165, 1.54) is 0 Å². The van der Waals surface area contributed by atoms with Crippen molar-refractivity contribution in [1.29, 1.82) is 0 Å². The van der Waals surface area contributed by atoms with Crippen molar-refractivity contribution in [3.8, 4) is 11.1 Å². The summed E-state index contributed by atoms with van der Waals surface area (Å²) in [6.07, 6.45) is 0. The number of anilines is 3. The lowest BCUT2D eigenvalue weighted by Crippen LogP contribution is -2.15. The summed E-state index contributed by atoms with van der Waals surface area (Å²) in [6, 6.07) is 14.7. The fourth-order valence-electron chi connectivity index (χ4n) is 4.03. The van der Waals surface area contributed by atoms with E-state index in [1.807, 2.05) is 63.2 Å². The van der Waals surface area contributed by atoms with Gasteiger partial charge in [-0.3, -0.25) is 4.72 Å². The number of rotatable bonds is 11. The molecule has 0 saturated carbocycles. The molecule has 0 aliphatic heterocycles. The summed E-state index contributed by atoms with van der Waals surface area (Å²) >= 11 is 0. The van der Waals surface area contributed by atoms with E-state index >= 15 is 0 Å². The Kier molecular flexibility index (Phi) is 8.51. The zero-order valence-corrected chi connectivity index (χ0v) is 23.9. The van der Waals surface area contributed by atoms with Crippen molar-refractivity contribution in [3.63, 3.8) is 0 Å². The van der Waals surface area contributed by atoms with Gasteiger partial charge < -0.3 is 19.5 Å². The van der Waals surface area contributed by atoms with Gasteiger partial charge in [-0.05, 0) is 50.5 Å². The maximum atomic E-state index is 13.5. The van der Waals surface area contributed by atoms with E-state index in [1.54, 1.807) is 32.0 Å².